The Kier molecular flexibility index (Phi) is 9.69. The second-order valence-corrected chi connectivity index (χ2v) is 5.69. The highest BCUT2D eigenvalue weighted by molar-refractivity contribution is 5.87. The molecule has 0 aliphatic carbocycles. The molecular weight excluding hydrogens is 256 g/mol. The predicted octanol–water partition coefficient (Wildman–Crippen LogP) is 3.81. The fourth-order valence-corrected chi connectivity index (χ4v) is 0.732. The van der Waals surface area contributed by atoms with Crippen molar-refractivity contribution in [1.29, 1.82) is 0 Å². The molecule has 0 amide bonds. The molecule has 0 heterocycles. The van der Waals surface area contributed by atoms with Crippen molar-refractivity contribution in [2.45, 2.75) is 66.6 Å². The zero-order valence-electron chi connectivity index (χ0n) is 13.8. The van der Waals surface area contributed by atoms with E-state index < -0.39 is 5.60 Å². The largest absolute Gasteiger partial charge is 0.459 e. The third kappa shape index (κ3) is 12.9. The Hall–Kier alpha value is -1.58. The molecule has 0 aromatic carbocycles. The lowest BCUT2D eigenvalue weighted by Crippen LogP contribution is -2.23. The third-order valence-corrected chi connectivity index (χ3v) is 1.98. The van der Waals surface area contributed by atoms with Gasteiger partial charge in [0.05, 0.1) is 6.10 Å². The predicted molar refractivity (Wildman–Crippen MR) is 81.3 cm³/mol. The first-order valence-corrected chi connectivity index (χ1v) is 6.66. The normalized spacial score (nSPS) is 11.6. The van der Waals surface area contributed by atoms with E-state index in [1.807, 2.05) is 34.6 Å². The molecule has 0 aromatic heterocycles. The fraction of sp³-hybridized carbons (Fsp3) is 0.625. The summed E-state index contributed by atoms with van der Waals surface area (Å²) >= 11 is 0. The smallest absolute Gasteiger partial charge is 0.333 e. The van der Waals surface area contributed by atoms with Crippen LogP contribution >= 0.6 is 0 Å². The van der Waals surface area contributed by atoms with Gasteiger partial charge in [-0.2, -0.15) is 0 Å². The van der Waals surface area contributed by atoms with Gasteiger partial charge in [0.2, 0.25) is 0 Å². The summed E-state index contributed by atoms with van der Waals surface area (Å²) in [5, 5.41) is 0. The lowest BCUT2D eigenvalue weighted by atomic mass is 10.2. The maximum atomic E-state index is 10.8. The summed E-state index contributed by atoms with van der Waals surface area (Å²) in [6.45, 7) is 19.5. The van der Waals surface area contributed by atoms with Gasteiger partial charge in [0.1, 0.15) is 5.60 Å². The van der Waals surface area contributed by atoms with Crippen molar-refractivity contribution in [3.05, 3.63) is 24.3 Å². The van der Waals surface area contributed by atoms with Gasteiger partial charge in [-0.1, -0.05) is 20.1 Å². The van der Waals surface area contributed by atoms with Crippen LogP contribution in [0.1, 0.15) is 54.9 Å². The van der Waals surface area contributed by atoms with Crippen LogP contribution in [0.15, 0.2) is 24.3 Å². The summed E-state index contributed by atoms with van der Waals surface area (Å²) in [4.78, 5) is 21.6. The highest BCUT2D eigenvalue weighted by Crippen LogP contribution is 2.09. The van der Waals surface area contributed by atoms with Gasteiger partial charge in [-0.25, -0.2) is 9.59 Å². The molecule has 0 rings (SSSR count). The number of hydrogen-bond acceptors (Lipinski definition) is 4. The Morgan fingerprint density at radius 1 is 1.05 bits per heavy atom. The Morgan fingerprint density at radius 3 is 1.65 bits per heavy atom. The highest BCUT2D eigenvalue weighted by Gasteiger charge is 2.15. The monoisotopic (exact) mass is 284 g/mol. The Labute approximate surface area is 122 Å². The maximum absolute atomic E-state index is 10.8. The summed E-state index contributed by atoms with van der Waals surface area (Å²) in [6.07, 6.45) is 0.850. The van der Waals surface area contributed by atoms with Crippen molar-refractivity contribution in [3.63, 3.8) is 0 Å². The van der Waals surface area contributed by atoms with Crippen molar-refractivity contribution >= 4 is 11.9 Å². The van der Waals surface area contributed by atoms with E-state index in [1.54, 1.807) is 13.8 Å². The minimum absolute atomic E-state index is 0.00389. The van der Waals surface area contributed by atoms with Crippen LogP contribution in [0.4, 0.5) is 0 Å². The van der Waals surface area contributed by atoms with Gasteiger partial charge in [-0.15, -0.1) is 0 Å². The summed E-state index contributed by atoms with van der Waals surface area (Å²) in [5.74, 6) is -0.623. The van der Waals surface area contributed by atoms with Gasteiger partial charge in [0.25, 0.3) is 0 Å². The summed E-state index contributed by atoms with van der Waals surface area (Å²) < 4.78 is 9.88. The Balaban J connectivity index is 0. The van der Waals surface area contributed by atoms with E-state index in [2.05, 4.69) is 13.2 Å². The number of hydrogen-bond donors (Lipinski definition) is 0. The standard InChI is InChI=1S/2C8H14O2/c1-6(2)7(9)10-8(3,4)5;1-5-7(4)10-8(9)6(2)3/h1H2,2-5H3;7H,2,5H2,1,3-4H3. The van der Waals surface area contributed by atoms with Crippen LogP contribution < -0.4 is 0 Å². The Bertz CT molecular complexity index is 361. The fourth-order valence-electron chi connectivity index (χ4n) is 0.732. The molecule has 0 N–H and O–H groups in total. The zero-order chi connectivity index (χ0) is 16.5. The highest BCUT2D eigenvalue weighted by atomic mass is 16.6. The van der Waals surface area contributed by atoms with Crippen molar-refractivity contribution in [3.8, 4) is 0 Å². The van der Waals surface area contributed by atoms with Gasteiger partial charge in [-0.3, -0.25) is 0 Å². The molecule has 0 bridgehead atoms. The molecule has 0 fully saturated rings. The molecule has 0 aliphatic rings. The lowest BCUT2D eigenvalue weighted by molar-refractivity contribution is -0.149. The number of rotatable bonds is 4. The van der Waals surface area contributed by atoms with E-state index >= 15 is 0 Å². The van der Waals surface area contributed by atoms with E-state index in [0.29, 0.717) is 11.1 Å². The van der Waals surface area contributed by atoms with Gasteiger partial charge < -0.3 is 9.47 Å². The average molecular weight is 284 g/mol. The molecule has 4 nitrogen and oxygen atoms in total. The van der Waals surface area contributed by atoms with Crippen LogP contribution in [0.25, 0.3) is 0 Å². The lowest BCUT2D eigenvalue weighted by Gasteiger charge is -2.19. The van der Waals surface area contributed by atoms with Crippen LogP contribution in [-0.2, 0) is 19.1 Å². The quantitative estimate of drug-likeness (QED) is 0.582. The number of ether oxygens (including phenoxy) is 2. The number of esters is 2. The van der Waals surface area contributed by atoms with Crippen LogP contribution in [0.3, 0.4) is 0 Å². The molecule has 0 saturated heterocycles. The van der Waals surface area contributed by atoms with E-state index in [0.717, 1.165) is 6.42 Å². The second kappa shape index (κ2) is 9.34. The molecule has 0 aliphatic heterocycles. The van der Waals surface area contributed by atoms with Gasteiger partial charge in [0, 0.05) is 11.1 Å². The molecule has 4 heteroatoms. The van der Waals surface area contributed by atoms with Crippen molar-refractivity contribution in [1.82, 2.24) is 0 Å². The summed E-state index contributed by atoms with van der Waals surface area (Å²) in [5.41, 5.74) is 0.492. The van der Waals surface area contributed by atoms with Gasteiger partial charge in [0.15, 0.2) is 0 Å². The van der Waals surface area contributed by atoms with Crippen LogP contribution in [-0.4, -0.2) is 23.6 Å². The molecule has 20 heavy (non-hydrogen) atoms. The van der Waals surface area contributed by atoms with E-state index in [-0.39, 0.29) is 18.0 Å². The number of carbonyl (C=O) groups is 2. The maximum Gasteiger partial charge on any atom is 0.333 e. The molecule has 0 aromatic rings. The van der Waals surface area contributed by atoms with E-state index in [1.165, 1.54) is 0 Å². The SMILES string of the molecule is C=C(C)C(=O)OC(C)(C)C.C=C(C)C(=O)OC(C)CC. The first kappa shape index (κ1) is 20.7. The first-order valence-electron chi connectivity index (χ1n) is 6.66. The average Bonchev–Trinajstić information content (AvgIpc) is 2.27. The van der Waals surface area contributed by atoms with Crippen molar-refractivity contribution < 1.29 is 19.1 Å². The van der Waals surface area contributed by atoms with Gasteiger partial charge >= 0.3 is 11.9 Å². The zero-order valence-corrected chi connectivity index (χ0v) is 13.8. The number of carbonyl (C=O) groups excluding carboxylic acids is 2. The molecular formula is C16H28O4. The molecule has 0 spiro atoms. The summed E-state index contributed by atoms with van der Waals surface area (Å²) in [7, 11) is 0. The Morgan fingerprint density at radius 2 is 1.45 bits per heavy atom. The minimum Gasteiger partial charge on any atom is -0.459 e. The summed E-state index contributed by atoms with van der Waals surface area (Å²) in [6, 6.07) is 0. The third-order valence-electron chi connectivity index (χ3n) is 1.98. The molecule has 116 valence electrons. The molecule has 0 radical (unpaired) electrons. The van der Waals surface area contributed by atoms with E-state index in [9.17, 15) is 9.59 Å². The van der Waals surface area contributed by atoms with Gasteiger partial charge in [-0.05, 0) is 48.0 Å². The molecule has 1 unspecified atom stereocenters. The molecule has 0 saturated carbocycles. The molecule has 1 atom stereocenters. The van der Waals surface area contributed by atoms with Crippen LogP contribution in [0.5, 0.6) is 0 Å². The second-order valence-electron chi connectivity index (χ2n) is 5.69. The van der Waals surface area contributed by atoms with Crippen molar-refractivity contribution in [2.24, 2.45) is 0 Å². The van der Waals surface area contributed by atoms with Crippen LogP contribution in [0, 0.1) is 0 Å². The minimum atomic E-state index is -0.407. The van der Waals surface area contributed by atoms with E-state index in [4.69, 9.17) is 9.47 Å². The topological polar surface area (TPSA) is 52.6 Å². The van der Waals surface area contributed by atoms with Crippen molar-refractivity contribution in [2.75, 3.05) is 0 Å². The van der Waals surface area contributed by atoms with Crippen LogP contribution in [0.2, 0.25) is 0 Å². The first-order chi connectivity index (χ1) is 8.90.